The van der Waals surface area contributed by atoms with E-state index in [1.54, 1.807) is 36.4 Å². The molecule has 4 aromatic rings. The average molecular weight is 661 g/mol. The quantitative estimate of drug-likeness (QED) is 0.0754. The van der Waals surface area contributed by atoms with Gasteiger partial charge in [-0.3, -0.25) is 0 Å². The highest BCUT2D eigenvalue weighted by Crippen LogP contribution is 2.38. The molecule has 0 bridgehead atoms. The maximum absolute atomic E-state index is 10.4. The third-order valence-corrected chi connectivity index (χ3v) is 7.24. The Bertz CT molecular complexity index is 1810. The standard InChI is InChI=1S/C36H36O12/c1-45-31-7-5-21(16-33(31)47-19-23-12-27(39)35(43)28(40)13-23)10-25(4-3-9-37)26(18-38)11-22-6-8-32(46-2)34(17-22)48-20-24-14-29(41)36(44)30(42)15-24/h5-8,12-17,37-44H,9-11,18-20H2,1-2H3/b26-25-. The molecule has 4 aromatic carbocycles. The molecule has 0 fully saturated rings. The fourth-order valence-corrected chi connectivity index (χ4v) is 4.81. The zero-order valence-electron chi connectivity index (χ0n) is 26.2. The number of phenols is 6. The minimum atomic E-state index is -0.629. The van der Waals surface area contributed by atoms with Gasteiger partial charge in [-0.15, -0.1) is 0 Å². The summed E-state index contributed by atoms with van der Waals surface area (Å²) in [4.78, 5) is 0. The van der Waals surface area contributed by atoms with Crippen molar-refractivity contribution >= 4 is 0 Å². The predicted molar refractivity (Wildman–Crippen MR) is 174 cm³/mol. The summed E-state index contributed by atoms with van der Waals surface area (Å²) in [5.74, 6) is 3.95. The monoisotopic (exact) mass is 660 g/mol. The molecule has 48 heavy (non-hydrogen) atoms. The molecule has 0 atom stereocenters. The summed E-state index contributed by atoms with van der Waals surface area (Å²) in [6, 6.07) is 15.5. The van der Waals surface area contributed by atoms with Gasteiger partial charge in [0.2, 0.25) is 0 Å². The van der Waals surface area contributed by atoms with Crippen LogP contribution in [0.4, 0.5) is 0 Å². The first-order valence-electron chi connectivity index (χ1n) is 14.5. The number of rotatable bonds is 13. The molecular weight excluding hydrogens is 624 g/mol. The Hall–Kier alpha value is -5.90. The number of aliphatic hydroxyl groups is 2. The summed E-state index contributed by atoms with van der Waals surface area (Å²) in [6.45, 7) is -0.855. The molecule has 0 aromatic heterocycles. The number of hydrogen-bond donors (Lipinski definition) is 8. The van der Waals surface area contributed by atoms with Gasteiger partial charge in [0.05, 0.1) is 20.8 Å². The Morgan fingerprint density at radius 2 is 1.00 bits per heavy atom. The molecule has 8 N–H and O–H groups in total. The van der Waals surface area contributed by atoms with Crippen molar-refractivity contribution in [2.75, 3.05) is 27.4 Å². The normalized spacial score (nSPS) is 11.2. The Balaban J connectivity index is 1.59. The van der Waals surface area contributed by atoms with Crippen LogP contribution in [0, 0.1) is 11.8 Å². The van der Waals surface area contributed by atoms with Gasteiger partial charge in [0.1, 0.15) is 19.8 Å². The van der Waals surface area contributed by atoms with Crippen molar-refractivity contribution in [3.05, 3.63) is 94.1 Å². The number of hydrogen-bond acceptors (Lipinski definition) is 12. The van der Waals surface area contributed by atoms with E-state index < -0.39 is 41.1 Å². The highest BCUT2D eigenvalue weighted by atomic mass is 16.5. The zero-order valence-corrected chi connectivity index (χ0v) is 26.2. The number of aromatic hydroxyl groups is 6. The van der Waals surface area contributed by atoms with E-state index in [1.165, 1.54) is 38.5 Å². The number of methoxy groups -OCH3 is 2. The highest BCUT2D eigenvalue weighted by Gasteiger charge is 2.15. The van der Waals surface area contributed by atoms with Crippen LogP contribution >= 0.6 is 0 Å². The molecular formula is C36H36O12. The van der Waals surface area contributed by atoms with Crippen LogP contribution in [0.5, 0.6) is 57.5 Å². The molecule has 252 valence electrons. The second-order valence-electron chi connectivity index (χ2n) is 10.6. The fraction of sp³-hybridized carbons (Fsp3) is 0.222. The smallest absolute Gasteiger partial charge is 0.200 e. The third-order valence-electron chi connectivity index (χ3n) is 7.24. The molecule has 12 heteroatoms. The lowest BCUT2D eigenvalue weighted by atomic mass is 9.95. The molecule has 12 nitrogen and oxygen atoms in total. The van der Waals surface area contributed by atoms with Crippen LogP contribution in [0.2, 0.25) is 0 Å². The van der Waals surface area contributed by atoms with Crippen LogP contribution in [-0.4, -0.2) is 68.3 Å². The van der Waals surface area contributed by atoms with Crippen molar-refractivity contribution in [3.8, 4) is 69.3 Å². The minimum absolute atomic E-state index is 0.0614. The lowest BCUT2D eigenvalue weighted by Gasteiger charge is -2.16. The van der Waals surface area contributed by atoms with E-state index in [1.807, 2.05) is 0 Å². The van der Waals surface area contributed by atoms with Crippen LogP contribution in [0.15, 0.2) is 71.8 Å². The molecule has 0 aliphatic carbocycles. The van der Waals surface area contributed by atoms with E-state index in [0.29, 0.717) is 45.3 Å². The van der Waals surface area contributed by atoms with Gasteiger partial charge in [0, 0.05) is 12.0 Å². The zero-order chi connectivity index (χ0) is 34.8. The van der Waals surface area contributed by atoms with Gasteiger partial charge >= 0.3 is 0 Å². The molecule has 0 saturated carbocycles. The van der Waals surface area contributed by atoms with Crippen LogP contribution in [0.1, 0.15) is 22.3 Å². The summed E-state index contributed by atoms with van der Waals surface area (Å²) < 4.78 is 22.7. The second-order valence-corrected chi connectivity index (χ2v) is 10.6. The molecule has 0 unspecified atom stereocenters. The summed E-state index contributed by atoms with van der Waals surface area (Å²) in [5, 5.41) is 78.4. The van der Waals surface area contributed by atoms with E-state index in [0.717, 1.165) is 11.1 Å². The maximum atomic E-state index is 10.4. The lowest BCUT2D eigenvalue weighted by Crippen LogP contribution is -2.05. The van der Waals surface area contributed by atoms with Gasteiger partial charge in [-0.25, -0.2) is 0 Å². The van der Waals surface area contributed by atoms with Crippen LogP contribution in [0.25, 0.3) is 0 Å². The van der Waals surface area contributed by atoms with Gasteiger partial charge in [0.25, 0.3) is 0 Å². The topological polar surface area (TPSA) is 199 Å². The molecule has 0 amide bonds. The summed E-state index contributed by atoms with van der Waals surface area (Å²) in [5.41, 5.74) is 3.42. The first-order valence-corrected chi connectivity index (χ1v) is 14.5. The SMILES string of the molecule is COc1ccc(C/C(C#CCO)=C(\CO)Cc2ccc(OC)c(OCc3cc(O)c(O)c(O)c3)c2)cc1OCc1cc(O)c(O)c(O)c1. The van der Waals surface area contributed by atoms with Crippen molar-refractivity contribution in [2.45, 2.75) is 26.1 Å². The lowest BCUT2D eigenvalue weighted by molar-refractivity contribution is 0.282. The van der Waals surface area contributed by atoms with Crippen molar-refractivity contribution in [1.82, 2.24) is 0 Å². The van der Waals surface area contributed by atoms with Crippen molar-refractivity contribution in [1.29, 1.82) is 0 Å². The molecule has 0 aliphatic heterocycles. The summed E-state index contributed by atoms with van der Waals surface area (Å²) in [7, 11) is 2.96. The molecule has 0 spiro atoms. The first kappa shape index (κ1) is 35.0. The van der Waals surface area contributed by atoms with Gasteiger partial charge in [0.15, 0.2) is 57.5 Å². The van der Waals surface area contributed by atoms with Crippen molar-refractivity contribution in [2.24, 2.45) is 0 Å². The Morgan fingerprint density at radius 3 is 1.40 bits per heavy atom. The fourth-order valence-electron chi connectivity index (χ4n) is 4.81. The van der Waals surface area contributed by atoms with E-state index >= 15 is 0 Å². The molecule has 0 aliphatic rings. The van der Waals surface area contributed by atoms with Crippen LogP contribution in [-0.2, 0) is 26.1 Å². The van der Waals surface area contributed by atoms with E-state index in [-0.39, 0.29) is 32.7 Å². The van der Waals surface area contributed by atoms with Crippen LogP contribution < -0.4 is 18.9 Å². The molecule has 0 heterocycles. The maximum Gasteiger partial charge on any atom is 0.200 e. The molecule has 0 saturated heterocycles. The average Bonchev–Trinajstić information content (AvgIpc) is 3.08. The molecule has 4 rings (SSSR count). The van der Waals surface area contributed by atoms with E-state index in [2.05, 4.69) is 11.8 Å². The van der Waals surface area contributed by atoms with Gasteiger partial charge < -0.3 is 59.8 Å². The number of aliphatic hydroxyl groups excluding tert-OH is 2. The second kappa shape index (κ2) is 16.1. The van der Waals surface area contributed by atoms with E-state index in [4.69, 9.17) is 18.9 Å². The predicted octanol–water partition coefficient (Wildman–Crippen LogP) is 4.17. The highest BCUT2D eigenvalue weighted by molar-refractivity contribution is 5.53. The van der Waals surface area contributed by atoms with Gasteiger partial charge in [-0.1, -0.05) is 24.0 Å². The molecule has 0 radical (unpaired) electrons. The number of phenolic OH excluding ortho intramolecular Hbond substituents is 6. The van der Waals surface area contributed by atoms with Crippen molar-refractivity contribution in [3.63, 3.8) is 0 Å². The van der Waals surface area contributed by atoms with Gasteiger partial charge in [-0.2, -0.15) is 0 Å². The van der Waals surface area contributed by atoms with E-state index in [9.17, 15) is 40.9 Å². The number of ether oxygens (including phenoxy) is 4. The largest absolute Gasteiger partial charge is 0.504 e. The Morgan fingerprint density at radius 1 is 0.562 bits per heavy atom. The number of allylic oxidation sites excluding steroid dienone is 1. The summed E-state index contributed by atoms with van der Waals surface area (Å²) >= 11 is 0. The summed E-state index contributed by atoms with van der Waals surface area (Å²) in [6.07, 6.45) is 0.526. The third kappa shape index (κ3) is 8.67. The number of benzene rings is 4. The Kier molecular flexibility index (Phi) is 11.7. The Labute approximate surface area is 276 Å². The van der Waals surface area contributed by atoms with Gasteiger partial charge in [-0.05, 0) is 82.8 Å². The van der Waals surface area contributed by atoms with Crippen LogP contribution in [0.3, 0.4) is 0 Å². The minimum Gasteiger partial charge on any atom is -0.504 e. The first-order chi connectivity index (χ1) is 23.1. The van der Waals surface area contributed by atoms with Crippen molar-refractivity contribution < 1.29 is 59.8 Å².